The van der Waals surface area contributed by atoms with Crippen molar-refractivity contribution in [2.75, 3.05) is 0 Å². The lowest BCUT2D eigenvalue weighted by atomic mass is 10.2. The smallest absolute Gasteiger partial charge is 0.146 e. The molecule has 0 aromatic carbocycles. The van der Waals surface area contributed by atoms with Gasteiger partial charge in [0.15, 0.2) is 0 Å². The highest BCUT2D eigenvalue weighted by molar-refractivity contribution is 7.09. The predicted octanol–water partition coefficient (Wildman–Crippen LogP) is 1.43. The highest BCUT2D eigenvalue weighted by atomic mass is 32.1. The van der Waals surface area contributed by atoms with Crippen LogP contribution in [0.5, 0.6) is 0 Å². The van der Waals surface area contributed by atoms with E-state index in [1.54, 1.807) is 17.7 Å². The third-order valence-electron chi connectivity index (χ3n) is 2.55. The van der Waals surface area contributed by atoms with E-state index in [2.05, 4.69) is 27.4 Å². The molecule has 1 atom stereocenters. The standard InChI is InChI=1S/C10H15N5S/c1-7(10-8(2)12-6-16-10)11-4-9-14-13-5-15(9)3/h5-7,11H,4H2,1-3H3. The Bertz CT molecular complexity index is 461. The monoisotopic (exact) mass is 237 g/mol. The summed E-state index contributed by atoms with van der Waals surface area (Å²) in [6, 6.07) is 0.296. The van der Waals surface area contributed by atoms with E-state index in [4.69, 9.17) is 0 Å². The van der Waals surface area contributed by atoms with E-state index in [0.29, 0.717) is 6.04 Å². The molecule has 0 spiro atoms. The van der Waals surface area contributed by atoms with Crippen molar-refractivity contribution in [1.82, 2.24) is 25.1 Å². The number of aryl methyl sites for hydroxylation is 2. The fourth-order valence-electron chi connectivity index (χ4n) is 1.53. The van der Waals surface area contributed by atoms with Gasteiger partial charge in [0.2, 0.25) is 0 Å². The molecule has 2 aromatic heterocycles. The van der Waals surface area contributed by atoms with Crippen molar-refractivity contribution in [2.24, 2.45) is 7.05 Å². The van der Waals surface area contributed by atoms with Crippen molar-refractivity contribution in [3.63, 3.8) is 0 Å². The van der Waals surface area contributed by atoms with Gasteiger partial charge in [0, 0.05) is 18.0 Å². The topological polar surface area (TPSA) is 55.6 Å². The molecule has 2 rings (SSSR count). The third kappa shape index (κ3) is 2.28. The highest BCUT2D eigenvalue weighted by Crippen LogP contribution is 2.21. The summed E-state index contributed by atoms with van der Waals surface area (Å²) in [6.45, 7) is 4.89. The number of nitrogens with zero attached hydrogens (tertiary/aromatic N) is 4. The Balaban J connectivity index is 1.97. The Morgan fingerprint density at radius 3 is 2.94 bits per heavy atom. The van der Waals surface area contributed by atoms with Crippen LogP contribution in [0.3, 0.4) is 0 Å². The lowest BCUT2D eigenvalue weighted by molar-refractivity contribution is 0.552. The molecule has 1 unspecified atom stereocenters. The first-order valence-corrected chi connectivity index (χ1v) is 6.02. The van der Waals surface area contributed by atoms with Crippen molar-refractivity contribution in [3.8, 4) is 0 Å². The van der Waals surface area contributed by atoms with Gasteiger partial charge in [-0.2, -0.15) is 0 Å². The molecule has 86 valence electrons. The Morgan fingerprint density at radius 2 is 2.38 bits per heavy atom. The maximum atomic E-state index is 4.25. The van der Waals surface area contributed by atoms with E-state index in [0.717, 1.165) is 18.1 Å². The Labute approximate surface area is 98.5 Å². The second-order valence-electron chi connectivity index (χ2n) is 3.76. The second kappa shape index (κ2) is 4.71. The van der Waals surface area contributed by atoms with Gasteiger partial charge in [0.1, 0.15) is 12.2 Å². The fourth-order valence-corrected chi connectivity index (χ4v) is 2.37. The van der Waals surface area contributed by atoms with Crippen LogP contribution in [0, 0.1) is 6.92 Å². The van der Waals surface area contributed by atoms with Gasteiger partial charge < -0.3 is 9.88 Å². The maximum Gasteiger partial charge on any atom is 0.146 e. The van der Waals surface area contributed by atoms with Crippen molar-refractivity contribution >= 4 is 11.3 Å². The summed E-state index contributed by atoms with van der Waals surface area (Å²) in [7, 11) is 1.94. The molecule has 2 aromatic rings. The molecule has 0 aliphatic heterocycles. The van der Waals surface area contributed by atoms with E-state index in [1.165, 1.54) is 4.88 Å². The highest BCUT2D eigenvalue weighted by Gasteiger charge is 2.11. The summed E-state index contributed by atoms with van der Waals surface area (Å²) in [5.74, 6) is 0.939. The second-order valence-corrected chi connectivity index (χ2v) is 4.65. The van der Waals surface area contributed by atoms with Crippen LogP contribution in [0.15, 0.2) is 11.8 Å². The predicted molar refractivity (Wildman–Crippen MR) is 63.1 cm³/mol. The number of thiazole rings is 1. The van der Waals surface area contributed by atoms with Gasteiger partial charge in [-0.05, 0) is 13.8 Å². The molecule has 0 saturated heterocycles. The number of aromatic nitrogens is 4. The molecular weight excluding hydrogens is 222 g/mol. The summed E-state index contributed by atoms with van der Waals surface area (Å²) in [5, 5.41) is 11.3. The molecule has 0 bridgehead atoms. The van der Waals surface area contributed by atoms with E-state index in [-0.39, 0.29) is 0 Å². The summed E-state index contributed by atoms with van der Waals surface area (Å²) in [5.41, 5.74) is 2.98. The van der Waals surface area contributed by atoms with Gasteiger partial charge in [-0.3, -0.25) is 0 Å². The van der Waals surface area contributed by atoms with Crippen LogP contribution in [0.25, 0.3) is 0 Å². The Morgan fingerprint density at radius 1 is 1.56 bits per heavy atom. The number of hydrogen-bond donors (Lipinski definition) is 1. The average Bonchev–Trinajstić information content (AvgIpc) is 2.84. The zero-order valence-corrected chi connectivity index (χ0v) is 10.5. The van der Waals surface area contributed by atoms with Gasteiger partial charge in [-0.25, -0.2) is 4.98 Å². The van der Waals surface area contributed by atoms with Crippen LogP contribution in [0.1, 0.15) is 29.4 Å². The molecule has 1 N–H and O–H groups in total. The Kier molecular flexibility index (Phi) is 3.31. The number of hydrogen-bond acceptors (Lipinski definition) is 5. The van der Waals surface area contributed by atoms with Crippen molar-refractivity contribution in [2.45, 2.75) is 26.4 Å². The molecule has 0 radical (unpaired) electrons. The lowest BCUT2D eigenvalue weighted by Crippen LogP contribution is -2.20. The van der Waals surface area contributed by atoms with Gasteiger partial charge >= 0.3 is 0 Å². The minimum atomic E-state index is 0.296. The van der Waals surface area contributed by atoms with Crippen molar-refractivity contribution in [1.29, 1.82) is 0 Å². The molecule has 0 amide bonds. The van der Waals surface area contributed by atoms with Crippen LogP contribution in [0.4, 0.5) is 0 Å². The molecule has 0 aliphatic carbocycles. The SMILES string of the molecule is Cc1ncsc1C(C)NCc1nncn1C. The maximum absolute atomic E-state index is 4.25. The zero-order valence-electron chi connectivity index (χ0n) is 9.64. The zero-order chi connectivity index (χ0) is 11.5. The van der Waals surface area contributed by atoms with E-state index < -0.39 is 0 Å². The first-order valence-electron chi connectivity index (χ1n) is 5.14. The minimum absolute atomic E-state index is 0.296. The first kappa shape index (κ1) is 11.2. The molecule has 0 fully saturated rings. The summed E-state index contributed by atoms with van der Waals surface area (Å²) in [6.07, 6.45) is 1.71. The van der Waals surface area contributed by atoms with Crippen LogP contribution in [-0.2, 0) is 13.6 Å². The quantitative estimate of drug-likeness (QED) is 0.874. The van der Waals surface area contributed by atoms with E-state index in [1.807, 2.05) is 24.0 Å². The van der Waals surface area contributed by atoms with Crippen LogP contribution in [0.2, 0.25) is 0 Å². The molecule has 2 heterocycles. The molecule has 0 saturated carbocycles. The lowest BCUT2D eigenvalue weighted by Gasteiger charge is -2.12. The van der Waals surface area contributed by atoms with Crippen molar-refractivity contribution in [3.05, 3.63) is 28.2 Å². The van der Waals surface area contributed by atoms with E-state index in [9.17, 15) is 0 Å². The van der Waals surface area contributed by atoms with Gasteiger partial charge in [-0.15, -0.1) is 21.5 Å². The van der Waals surface area contributed by atoms with Crippen molar-refractivity contribution < 1.29 is 0 Å². The largest absolute Gasteiger partial charge is 0.320 e. The van der Waals surface area contributed by atoms with Gasteiger partial charge in [0.25, 0.3) is 0 Å². The first-order chi connectivity index (χ1) is 7.68. The minimum Gasteiger partial charge on any atom is -0.320 e. The number of rotatable bonds is 4. The summed E-state index contributed by atoms with van der Waals surface area (Å²) >= 11 is 1.68. The molecule has 6 heteroatoms. The molecule has 5 nitrogen and oxygen atoms in total. The summed E-state index contributed by atoms with van der Waals surface area (Å²) in [4.78, 5) is 5.53. The average molecular weight is 237 g/mol. The fraction of sp³-hybridized carbons (Fsp3) is 0.500. The van der Waals surface area contributed by atoms with E-state index >= 15 is 0 Å². The molecule has 16 heavy (non-hydrogen) atoms. The van der Waals surface area contributed by atoms with Crippen LogP contribution >= 0.6 is 11.3 Å². The van der Waals surface area contributed by atoms with Crippen LogP contribution in [-0.4, -0.2) is 19.7 Å². The van der Waals surface area contributed by atoms with Crippen LogP contribution < -0.4 is 5.32 Å². The van der Waals surface area contributed by atoms with Gasteiger partial charge in [-0.1, -0.05) is 0 Å². The molecular formula is C10H15N5S. The summed E-state index contributed by atoms with van der Waals surface area (Å²) < 4.78 is 1.92. The van der Waals surface area contributed by atoms with Gasteiger partial charge in [0.05, 0.1) is 17.7 Å². The third-order valence-corrected chi connectivity index (χ3v) is 3.66. The molecule has 0 aliphatic rings. The Hall–Kier alpha value is -1.27. The normalized spacial score (nSPS) is 12.9. The number of nitrogens with one attached hydrogen (secondary N) is 1.